The molecule has 1 rings (SSSR count). The van der Waals surface area contributed by atoms with Crippen LogP contribution in [0.5, 0.6) is 0 Å². The van der Waals surface area contributed by atoms with Gasteiger partial charge in [-0.05, 0) is 24.3 Å². The van der Waals surface area contributed by atoms with E-state index >= 15 is 0 Å². The topological polar surface area (TPSA) is 20.3 Å². The van der Waals surface area contributed by atoms with Gasteiger partial charge in [0.25, 0.3) is 0 Å². The van der Waals surface area contributed by atoms with Gasteiger partial charge in [0, 0.05) is 19.7 Å². The zero-order valence-corrected chi connectivity index (χ0v) is 8.30. The summed E-state index contributed by atoms with van der Waals surface area (Å²) in [5.41, 5.74) is -0.279. The number of carbonyl (C=O) groups is 1. The Labute approximate surface area is 85.3 Å². The van der Waals surface area contributed by atoms with Crippen LogP contribution in [0.25, 0.3) is 0 Å². The second-order valence-electron chi connectivity index (χ2n) is 3.12. The molecule has 0 saturated heterocycles. The van der Waals surface area contributed by atoms with Gasteiger partial charge in [-0.2, -0.15) is 13.2 Å². The first-order valence-electron chi connectivity index (χ1n) is 4.24. The van der Waals surface area contributed by atoms with Crippen molar-refractivity contribution in [1.82, 2.24) is 0 Å². The second-order valence-corrected chi connectivity index (χ2v) is 3.12. The number of rotatable bonds is 1. The van der Waals surface area contributed by atoms with E-state index in [1.807, 2.05) is 0 Å². The Morgan fingerprint density at radius 1 is 1.20 bits per heavy atom. The molecule has 0 heterocycles. The first-order chi connectivity index (χ1) is 6.82. The van der Waals surface area contributed by atoms with E-state index in [1.165, 1.54) is 31.0 Å². The van der Waals surface area contributed by atoms with Crippen molar-refractivity contribution in [3.63, 3.8) is 0 Å². The lowest BCUT2D eigenvalue weighted by molar-refractivity contribution is -0.137. The Kier molecular flexibility index (Phi) is 3.02. The maximum Gasteiger partial charge on any atom is 0.416 e. The molecule has 0 atom stereocenters. The number of halogens is 3. The summed E-state index contributed by atoms with van der Waals surface area (Å²) in [5, 5.41) is 0. The summed E-state index contributed by atoms with van der Waals surface area (Å²) in [6.07, 6.45) is -4.34. The van der Waals surface area contributed by atoms with Crippen molar-refractivity contribution in [1.29, 1.82) is 0 Å². The van der Waals surface area contributed by atoms with E-state index in [4.69, 9.17) is 0 Å². The molecule has 1 aromatic rings. The van der Waals surface area contributed by atoms with Gasteiger partial charge in [0.2, 0.25) is 5.91 Å². The summed E-state index contributed by atoms with van der Waals surface area (Å²) in [7, 11) is 1.50. The molecule has 0 radical (unpaired) electrons. The van der Waals surface area contributed by atoms with E-state index in [2.05, 4.69) is 0 Å². The lowest BCUT2D eigenvalue weighted by atomic mass is 10.2. The molecule has 1 aromatic carbocycles. The van der Waals surface area contributed by atoms with Gasteiger partial charge >= 0.3 is 6.18 Å². The number of alkyl halides is 3. The fraction of sp³-hybridized carbons (Fsp3) is 0.300. The van der Waals surface area contributed by atoms with Crippen LogP contribution in [0.3, 0.4) is 0 Å². The van der Waals surface area contributed by atoms with Gasteiger partial charge in [0.1, 0.15) is 0 Å². The molecule has 1 amide bonds. The molecule has 0 bridgehead atoms. The third-order valence-electron chi connectivity index (χ3n) is 2.05. The third-order valence-corrected chi connectivity index (χ3v) is 2.05. The third kappa shape index (κ3) is 2.71. The number of anilines is 1. The van der Waals surface area contributed by atoms with Crippen LogP contribution < -0.4 is 4.90 Å². The average Bonchev–Trinajstić information content (AvgIpc) is 2.15. The van der Waals surface area contributed by atoms with Crippen LogP contribution in [-0.2, 0) is 11.0 Å². The number of benzene rings is 1. The lowest BCUT2D eigenvalue weighted by Gasteiger charge is -2.15. The number of carbonyl (C=O) groups excluding carboxylic acids is 1. The minimum absolute atomic E-state index is 0.227. The summed E-state index contributed by atoms with van der Waals surface area (Å²) in [4.78, 5) is 12.2. The van der Waals surface area contributed by atoms with Gasteiger partial charge in [-0.1, -0.05) is 0 Å². The molecule has 0 aliphatic heterocycles. The van der Waals surface area contributed by atoms with Crippen LogP contribution >= 0.6 is 0 Å². The summed E-state index contributed by atoms with van der Waals surface area (Å²) < 4.78 is 36.6. The van der Waals surface area contributed by atoms with E-state index in [0.29, 0.717) is 5.69 Å². The summed E-state index contributed by atoms with van der Waals surface area (Å²) >= 11 is 0. The molecule has 0 aromatic heterocycles. The van der Waals surface area contributed by atoms with Gasteiger partial charge in [-0.15, -0.1) is 0 Å². The van der Waals surface area contributed by atoms with Crippen LogP contribution in [0.2, 0.25) is 0 Å². The fourth-order valence-electron chi connectivity index (χ4n) is 1.06. The molecule has 5 heteroatoms. The smallest absolute Gasteiger partial charge is 0.316 e. The zero-order chi connectivity index (χ0) is 11.6. The van der Waals surface area contributed by atoms with Crippen molar-refractivity contribution in [2.75, 3.05) is 11.9 Å². The minimum atomic E-state index is -4.34. The SMILES string of the molecule is CC(=O)N(C)c1ccc(C(F)(F)F)cc1. The molecular weight excluding hydrogens is 207 g/mol. The van der Waals surface area contributed by atoms with Crippen molar-refractivity contribution in [2.45, 2.75) is 13.1 Å². The van der Waals surface area contributed by atoms with E-state index < -0.39 is 11.7 Å². The summed E-state index contributed by atoms with van der Waals surface area (Å²) in [6, 6.07) is 4.44. The Hall–Kier alpha value is -1.52. The predicted octanol–water partition coefficient (Wildman–Crippen LogP) is 2.69. The monoisotopic (exact) mass is 217 g/mol. The molecule has 82 valence electrons. The van der Waals surface area contributed by atoms with E-state index in [9.17, 15) is 18.0 Å². The van der Waals surface area contributed by atoms with E-state index in [1.54, 1.807) is 0 Å². The minimum Gasteiger partial charge on any atom is -0.316 e. The van der Waals surface area contributed by atoms with Crippen LogP contribution in [0.4, 0.5) is 18.9 Å². The largest absolute Gasteiger partial charge is 0.416 e. The Bertz CT molecular complexity index is 356. The van der Waals surface area contributed by atoms with Gasteiger partial charge in [-0.25, -0.2) is 0 Å². The molecule has 2 nitrogen and oxygen atoms in total. The second kappa shape index (κ2) is 3.92. The molecule has 0 fully saturated rings. The van der Waals surface area contributed by atoms with Crippen molar-refractivity contribution in [2.24, 2.45) is 0 Å². The standard InChI is InChI=1S/C10H10F3NO/c1-7(15)14(2)9-5-3-8(4-6-9)10(11,12)13/h3-6H,1-2H3. The first kappa shape index (κ1) is 11.6. The molecule has 0 spiro atoms. The quantitative estimate of drug-likeness (QED) is 0.708. The highest BCUT2D eigenvalue weighted by atomic mass is 19.4. The summed E-state index contributed by atoms with van der Waals surface area (Å²) in [5.74, 6) is -0.227. The highest BCUT2D eigenvalue weighted by molar-refractivity contribution is 5.90. The average molecular weight is 217 g/mol. The Balaban J connectivity index is 2.95. The lowest BCUT2D eigenvalue weighted by Crippen LogP contribution is -2.22. The van der Waals surface area contributed by atoms with Crippen molar-refractivity contribution < 1.29 is 18.0 Å². The van der Waals surface area contributed by atoms with Gasteiger partial charge in [0.05, 0.1) is 5.56 Å². The maximum atomic E-state index is 12.2. The molecule has 0 saturated carbocycles. The molecule has 0 aliphatic carbocycles. The van der Waals surface area contributed by atoms with Crippen LogP contribution in [0.15, 0.2) is 24.3 Å². The van der Waals surface area contributed by atoms with Crippen LogP contribution in [0.1, 0.15) is 12.5 Å². The highest BCUT2D eigenvalue weighted by Crippen LogP contribution is 2.30. The normalized spacial score (nSPS) is 11.3. The zero-order valence-electron chi connectivity index (χ0n) is 8.30. The number of hydrogen-bond acceptors (Lipinski definition) is 1. The van der Waals surface area contributed by atoms with E-state index in [0.717, 1.165) is 12.1 Å². The number of hydrogen-bond donors (Lipinski definition) is 0. The van der Waals surface area contributed by atoms with Gasteiger partial charge in [0.15, 0.2) is 0 Å². The predicted molar refractivity (Wildman–Crippen MR) is 50.5 cm³/mol. The molecule has 15 heavy (non-hydrogen) atoms. The van der Waals surface area contributed by atoms with Gasteiger partial charge in [-0.3, -0.25) is 4.79 Å². The molecule has 0 N–H and O–H groups in total. The first-order valence-corrected chi connectivity index (χ1v) is 4.24. The Morgan fingerprint density at radius 2 is 1.67 bits per heavy atom. The van der Waals surface area contributed by atoms with Crippen molar-refractivity contribution in [3.8, 4) is 0 Å². The van der Waals surface area contributed by atoms with Crippen LogP contribution in [-0.4, -0.2) is 13.0 Å². The molecular formula is C10H10F3NO. The van der Waals surface area contributed by atoms with Crippen LogP contribution in [0, 0.1) is 0 Å². The van der Waals surface area contributed by atoms with Gasteiger partial charge < -0.3 is 4.90 Å². The summed E-state index contributed by atoms with van der Waals surface area (Å²) in [6.45, 7) is 1.34. The van der Waals surface area contributed by atoms with Crippen molar-refractivity contribution in [3.05, 3.63) is 29.8 Å². The highest BCUT2D eigenvalue weighted by Gasteiger charge is 2.30. The Morgan fingerprint density at radius 3 is 2.00 bits per heavy atom. The fourth-order valence-corrected chi connectivity index (χ4v) is 1.06. The number of nitrogens with zero attached hydrogens (tertiary/aromatic N) is 1. The van der Waals surface area contributed by atoms with E-state index in [-0.39, 0.29) is 5.91 Å². The van der Waals surface area contributed by atoms with Crippen molar-refractivity contribution >= 4 is 11.6 Å². The maximum absolute atomic E-state index is 12.2. The molecule has 0 unspecified atom stereocenters. The molecule has 0 aliphatic rings. The number of amides is 1.